The fourth-order valence-corrected chi connectivity index (χ4v) is 2.68. The summed E-state index contributed by atoms with van der Waals surface area (Å²) in [6.45, 7) is 0.663. The Morgan fingerprint density at radius 2 is 1.25 bits per heavy atom. The first kappa shape index (κ1) is 16.0. The first-order chi connectivity index (χ1) is 11.8. The normalized spacial score (nSPS) is 10.3. The van der Waals surface area contributed by atoms with E-state index in [4.69, 9.17) is 0 Å². The number of benzene rings is 3. The molecule has 0 aromatic heterocycles. The van der Waals surface area contributed by atoms with Crippen molar-refractivity contribution in [1.29, 1.82) is 0 Å². The summed E-state index contributed by atoms with van der Waals surface area (Å²) in [5.74, 6) is 0.0714. The molecule has 0 atom stereocenters. The monoisotopic (exact) mass is 315 g/mol. The Balaban J connectivity index is 1.48. The molecule has 0 unspecified atom stereocenters. The molecule has 0 aliphatic carbocycles. The molecular formula is C22H21NO. The number of hydrogen-bond donors (Lipinski definition) is 1. The number of hydrogen-bond acceptors (Lipinski definition) is 1. The van der Waals surface area contributed by atoms with Crippen LogP contribution in [0.4, 0.5) is 0 Å². The van der Waals surface area contributed by atoms with Crippen molar-refractivity contribution in [3.8, 4) is 11.1 Å². The number of carbonyl (C=O) groups is 1. The van der Waals surface area contributed by atoms with Gasteiger partial charge < -0.3 is 5.32 Å². The van der Waals surface area contributed by atoms with Gasteiger partial charge in [-0.1, -0.05) is 84.9 Å². The van der Waals surface area contributed by atoms with Crippen molar-refractivity contribution in [2.24, 2.45) is 0 Å². The van der Waals surface area contributed by atoms with Crippen molar-refractivity contribution in [1.82, 2.24) is 5.32 Å². The third-order valence-corrected chi connectivity index (χ3v) is 4.00. The maximum Gasteiger partial charge on any atom is 0.224 e. The summed E-state index contributed by atoms with van der Waals surface area (Å²) in [5, 5.41) is 2.99. The van der Waals surface area contributed by atoms with Crippen LogP contribution in [0.15, 0.2) is 84.9 Å². The van der Waals surface area contributed by atoms with E-state index in [0.29, 0.717) is 13.0 Å². The van der Waals surface area contributed by atoms with E-state index in [9.17, 15) is 4.79 Å². The third kappa shape index (κ3) is 4.56. The zero-order valence-electron chi connectivity index (χ0n) is 13.6. The minimum Gasteiger partial charge on any atom is -0.355 e. The summed E-state index contributed by atoms with van der Waals surface area (Å²) < 4.78 is 0. The molecule has 0 heterocycles. The number of nitrogens with one attached hydrogen (secondary N) is 1. The van der Waals surface area contributed by atoms with Crippen molar-refractivity contribution in [3.05, 3.63) is 96.1 Å². The summed E-state index contributed by atoms with van der Waals surface area (Å²) in [4.78, 5) is 11.9. The van der Waals surface area contributed by atoms with E-state index in [1.165, 1.54) is 16.7 Å². The first-order valence-electron chi connectivity index (χ1n) is 8.26. The molecule has 0 saturated carbocycles. The van der Waals surface area contributed by atoms with E-state index >= 15 is 0 Å². The van der Waals surface area contributed by atoms with Crippen LogP contribution in [0.2, 0.25) is 0 Å². The van der Waals surface area contributed by atoms with Gasteiger partial charge in [0.1, 0.15) is 0 Å². The van der Waals surface area contributed by atoms with Crippen molar-refractivity contribution in [2.75, 3.05) is 6.54 Å². The van der Waals surface area contributed by atoms with Crippen molar-refractivity contribution >= 4 is 5.91 Å². The Morgan fingerprint density at radius 3 is 1.92 bits per heavy atom. The Hall–Kier alpha value is -2.87. The number of carbonyl (C=O) groups excluding carboxylic acids is 1. The van der Waals surface area contributed by atoms with Crippen LogP contribution < -0.4 is 5.32 Å². The molecule has 0 spiro atoms. The van der Waals surface area contributed by atoms with Crippen molar-refractivity contribution in [3.63, 3.8) is 0 Å². The molecule has 3 aromatic carbocycles. The molecule has 0 aliphatic heterocycles. The minimum atomic E-state index is 0.0714. The zero-order chi connectivity index (χ0) is 16.6. The van der Waals surface area contributed by atoms with Gasteiger partial charge in [-0.25, -0.2) is 0 Å². The van der Waals surface area contributed by atoms with Crippen LogP contribution in [0.25, 0.3) is 11.1 Å². The van der Waals surface area contributed by atoms with Gasteiger partial charge in [-0.3, -0.25) is 4.79 Å². The second-order valence-electron chi connectivity index (χ2n) is 5.83. The Bertz CT molecular complexity index is 764. The fraction of sp³-hybridized carbons (Fsp3) is 0.136. The molecule has 24 heavy (non-hydrogen) atoms. The first-order valence-corrected chi connectivity index (χ1v) is 8.26. The van der Waals surface area contributed by atoms with Crippen LogP contribution in [0, 0.1) is 0 Å². The fourth-order valence-electron chi connectivity index (χ4n) is 2.68. The highest BCUT2D eigenvalue weighted by Crippen LogP contribution is 2.19. The molecule has 1 N–H and O–H groups in total. The lowest BCUT2D eigenvalue weighted by Gasteiger charge is -2.07. The van der Waals surface area contributed by atoms with Gasteiger partial charge in [-0.2, -0.15) is 0 Å². The molecule has 0 radical (unpaired) electrons. The SMILES string of the molecule is O=C(Cc1ccccc1)NCCc1ccc(-c2ccccc2)cc1. The molecule has 0 fully saturated rings. The van der Waals surface area contributed by atoms with E-state index in [-0.39, 0.29) is 5.91 Å². The molecule has 0 saturated heterocycles. The molecule has 120 valence electrons. The molecule has 1 amide bonds. The van der Waals surface area contributed by atoms with Crippen LogP contribution >= 0.6 is 0 Å². The molecule has 2 heteroatoms. The van der Waals surface area contributed by atoms with Crippen LogP contribution in [0.1, 0.15) is 11.1 Å². The van der Waals surface area contributed by atoms with Crippen molar-refractivity contribution < 1.29 is 4.79 Å². The highest BCUT2D eigenvalue weighted by Gasteiger charge is 2.03. The van der Waals surface area contributed by atoms with E-state index in [1.54, 1.807) is 0 Å². The van der Waals surface area contributed by atoms with Crippen molar-refractivity contribution in [2.45, 2.75) is 12.8 Å². The van der Waals surface area contributed by atoms with Crippen LogP contribution in [-0.2, 0) is 17.6 Å². The highest BCUT2D eigenvalue weighted by atomic mass is 16.1. The average molecular weight is 315 g/mol. The van der Waals surface area contributed by atoms with E-state index in [1.807, 2.05) is 48.5 Å². The van der Waals surface area contributed by atoms with Crippen LogP contribution in [0.5, 0.6) is 0 Å². The number of amides is 1. The molecular weight excluding hydrogens is 294 g/mol. The average Bonchev–Trinajstić information content (AvgIpc) is 2.64. The number of rotatable bonds is 6. The summed E-state index contributed by atoms with van der Waals surface area (Å²) in [6.07, 6.45) is 1.28. The molecule has 2 nitrogen and oxygen atoms in total. The predicted molar refractivity (Wildman–Crippen MR) is 98.7 cm³/mol. The lowest BCUT2D eigenvalue weighted by molar-refractivity contribution is -0.120. The van der Waals surface area contributed by atoms with E-state index < -0.39 is 0 Å². The smallest absolute Gasteiger partial charge is 0.224 e. The topological polar surface area (TPSA) is 29.1 Å². The van der Waals surface area contributed by atoms with Gasteiger partial charge in [0, 0.05) is 6.54 Å². The summed E-state index contributed by atoms with van der Waals surface area (Å²) in [7, 11) is 0. The van der Waals surface area contributed by atoms with Gasteiger partial charge in [-0.05, 0) is 28.7 Å². The minimum absolute atomic E-state index is 0.0714. The molecule has 3 aromatic rings. The second-order valence-corrected chi connectivity index (χ2v) is 5.83. The zero-order valence-corrected chi connectivity index (χ0v) is 13.6. The largest absolute Gasteiger partial charge is 0.355 e. The molecule has 0 bridgehead atoms. The Kier molecular flexibility index (Phi) is 5.41. The van der Waals surface area contributed by atoms with E-state index in [2.05, 4.69) is 41.7 Å². The lowest BCUT2D eigenvalue weighted by atomic mass is 10.0. The van der Waals surface area contributed by atoms with Gasteiger partial charge >= 0.3 is 0 Å². The Morgan fingerprint density at radius 1 is 0.667 bits per heavy atom. The summed E-state index contributed by atoms with van der Waals surface area (Å²) in [5.41, 5.74) is 4.71. The van der Waals surface area contributed by atoms with E-state index in [0.717, 1.165) is 12.0 Å². The predicted octanol–water partition coefficient (Wildman–Crippen LogP) is 4.26. The Labute approximate surface area is 143 Å². The van der Waals surface area contributed by atoms with Gasteiger partial charge in [0.15, 0.2) is 0 Å². The van der Waals surface area contributed by atoms with Gasteiger partial charge in [-0.15, -0.1) is 0 Å². The highest BCUT2D eigenvalue weighted by molar-refractivity contribution is 5.78. The molecule has 0 aliphatic rings. The van der Waals surface area contributed by atoms with Gasteiger partial charge in [0.25, 0.3) is 0 Å². The second kappa shape index (κ2) is 8.11. The standard InChI is InChI=1S/C22H21NO/c24-22(17-19-7-3-1-4-8-19)23-16-15-18-11-13-21(14-12-18)20-9-5-2-6-10-20/h1-14H,15-17H2,(H,23,24). The van der Waals surface area contributed by atoms with Crippen LogP contribution in [-0.4, -0.2) is 12.5 Å². The summed E-state index contributed by atoms with van der Waals surface area (Å²) in [6, 6.07) is 28.7. The van der Waals surface area contributed by atoms with Crippen LogP contribution in [0.3, 0.4) is 0 Å². The lowest BCUT2D eigenvalue weighted by Crippen LogP contribution is -2.27. The maximum absolute atomic E-state index is 11.9. The maximum atomic E-state index is 11.9. The quantitative estimate of drug-likeness (QED) is 0.723. The van der Waals surface area contributed by atoms with Gasteiger partial charge in [0.2, 0.25) is 5.91 Å². The summed E-state index contributed by atoms with van der Waals surface area (Å²) >= 11 is 0. The molecule has 3 rings (SSSR count). The van der Waals surface area contributed by atoms with Gasteiger partial charge in [0.05, 0.1) is 6.42 Å². The third-order valence-electron chi connectivity index (χ3n) is 4.00.